The Morgan fingerprint density at radius 2 is 1.76 bits per heavy atom. The van der Waals surface area contributed by atoms with E-state index in [4.69, 9.17) is 14.2 Å². The van der Waals surface area contributed by atoms with Gasteiger partial charge in [0.25, 0.3) is 0 Å². The molecule has 3 N–H and O–H groups in total. The lowest BCUT2D eigenvalue weighted by molar-refractivity contribution is -0.200. The highest BCUT2D eigenvalue weighted by molar-refractivity contribution is 5.81. The van der Waals surface area contributed by atoms with Crippen molar-refractivity contribution in [1.29, 1.82) is 5.26 Å². The molecule has 2 saturated carbocycles. The Morgan fingerprint density at radius 3 is 2.40 bits per heavy atom. The van der Waals surface area contributed by atoms with Crippen LogP contribution in [0, 0.1) is 74.5 Å². The Labute approximate surface area is 330 Å². The van der Waals surface area contributed by atoms with Crippen molar-refractivity contribution >= 4 is 17.9 Å². The Morgan fingerprint density at radius 1 is 1.05 bits per heavy atom. The highest BCUT2D eigenvalue weighted by Gasteiger charge is 2.68. The number of nitrogens with one attached hydrogen (secondary N) is 2. The summed E-state index contributed by atoms with van der Waals surface area (Å²) in [6, 6.07) is 9.85. The maximum absolute atomic E-state index is 13.4. The van der Waals surface area contributed by atoms with Crippen molar-refractivity contribution in [2.24, 2.45) is 68.1 Å². The van der Waals surface area contributed by atoms with Crippen LogP contribution in [0.1, 0.15) is 107 Å². The Hall–Kier alpha value is -3.42. The number of carboxylic acid groups (broad SMARTS) is 1. The van der Waals surface area contributed by atoms with Gasteiger partial charge in [-0.3, -0.25) is 14.9 Å². The van der Waals surface area contributed by atoms with E-state index < -0.39 is 18.0 Å². The number of carbonyl (C=O) groups is 2. The number of nitriles is 1. The lowest BCUT2D eigenvalue weighted by Crippen LogP contribution is -2.64. The van der Waals surface area contributed by atoms with Gasteiger partial charge in [0, 0.05) is 18.9 Å². The van der Waals surface area contributed by atoms with Crippen LogP contribution in [0.5, 0.6) is 0 Å². The second-order valence-corrected chi connectivity index (χ2v) is 18.7. The van der Waals surface area contributed by atoms with Crippen molar-refractivity contribution in [3.05, 3.63) is 47.5 Å². The number of nitrogens with zero attached hydrogens (tertiary/aromatic N) is 2. The summed E-state index contributed by atoms with van der Waals surface area (Å²) in [5, 5.41) is 26.1. The van der Waals surface area contributed by atoms with Gasteiger partial charge in [-0.05, 0) is 96.3 Å². The van der Waals surface area contributed by atoms with Crippen LogP contribution >= 0.6 is 0 Å². The van der Waals surface area contributed by atoms with E-state index in [2.05, 4.69) is 77.1 Å². The first-order valence-electron chi connectivity index (χ1n) is 20.7. The maximum Gasteiger partial charge on any atom is 0.307 e. The molecule has 0 amide bonds. The predicted molar refractivity (Wildman–Crippen MR) is 214 cm³/mol. The number of hydrogen-bond acceptors (Lipinski definition) is 7. The summed E-state index contributed by atoms with van der Waals surface area (Å²) in [6.07, 6.45) is 8.29. The third-order valence-electron chi connectivity index (χ3n) is 15.6. The van der Waals surface area contributed by atoms with E-state index in [1.54, 1.807) is 0 Å². The molecular formula is C45H68N4O6. The molecule has 12 atom stereocenters. The van der Waals surface area contributed by atoms with Crippen LogP contribution in [0.15, 0.2) is 47.0 Å². The van der Waals surface area contributed by atoms with Gasteiger partial charge >= 0.3 is 11.9 Å². The van der Waals surface area contributed by atoms with Crippen LogP contribution in [-0.4, -0.2) is 61.6 Å². The minimum Gasteiger partial charge on any atom is -0.481 e. The molecule has 0 aromatic heterocycles. The van der Waals surface area contributed by atoms with Crippen molar-refractivity contribution in [3.63, 3.8) is 0 Å². The van der Waals surface area contributed by atoms with Crippen LogP contribution in [0.25, 0.3) is 0 Å². The smallest absolute Gasteiger partial charge is 0.307 e. The fourth-order valence-electron chi connectivity index (χ4n) is 12.1. The minimum absolute atomic E-state index is 0.00770. The van der Waals surface area contributed by atoms with Crippen LogP contribution < -0.4 is 10.6 Å². The quantitative estimate of drug-likeness (QED) is 0.0347. The number of esters is 1. The van der Waals surface area contributed by atoms with Gasteiger partial charge in [-0.1, -0.05) is 97.4 Å². The lowest BCUT2D eigenvalue weighted by atomic mass is 9.35. The Kier molecular flexibility index (Phi) is 13.2. The fourth-order valence-corrected chi connectivity index (χ4v) is 12.1. The zero-order valence-electron chi connectivity index (χ0n) is 35.1. The van der Waals surface area contributed by atoms with Gasteiger partial charge in [0.05, 0.1) is 38.4 Å². The van der Waals surface area contributed by atoms with Crippen LogP contribution in [0.2, 0.25) is 0 Å². The molecule has 0 spiro atoms. The predicted octanol–water partition coefficient (Wildman–Crippen LogP) is 7.99. The van der Waals surface area contributed by atoms with E-state index in [1.165, 1.54) is 12.5 Å². The van der Waals surface area contributed by atoms with E-state index in [1.807, 2.05) is 43.4 Å². The molecule has 1 aliphatic heterocycles. The van der Waals surface area contributed by atoms with Gasteiger partial charge in [0.1, 0.15) is 6.10 Å². The van der Waals surface area contributed by atoms with Gasteiger partial charge in [-0.15, -0.1) is 0 Å². The van der Waals surface area contributed by atoms with Crippen molar-refractivity contribution in [2.45, 2.75) is 120 Å². The zero-order valence-corrected chi connectivity index (χ0v) is 35.1. The number of fused-ring (bicyclic) bond motifs is 5. The van der Waals surface area contributed by atoms with Gasteiger partial charge in [0.15, 0.2) is 6.19 Å². The maximum atomic E-state index is 13.4. The molecule has 5 rings (SSSR count). The molecule has 1 saturated heterocycles. The topological polar surface area (TPSA) is 142 Å². The number of carbonyl (C=O) groups excluding carboxylic acids is 1. The standard InChI is InChI=1S/C45H68N4O6/c1-28(2)30(4)42(7)20-21-44(9)37-17-16-35-34(25-53-26-43(35,8)36(37)18-19-45(44,10)39(42)40(51)52)29(3)38(31(5)55-32(6)50)54-23-22-47-41(49-27-46)48-24-33-14-12-11-13-15-33/h11-15,18,28-31,34-35,37-39H,16-17,19-26H2,1-10H3,(H,51,52)(H2,47,48,49)/t29-,30+,31+,34+,35?,37-,38+,39+,42+,43+,44+,45-/m0/s1. The van der Waals surface area contributed by atoms with E-state index in [-0.39, 0.29) is 45.6 Å². The fraction of sp³-hybridized carbons (Fsp3) is 0.733. The van der Waals surface area contributed by atoms with Crippen LogP contribution in [0.4, 0.5) is 0 Å². The summed E-state index contributed by atoms with van der Waals surface area (Å²) in [5.74, 6) is 0.465. The molecular weight excluding hydrogens is 693 g/mol. The lowest BCUT2D eigenvalue weighted by Gasteiger charge is -2.68. The number of carboxylic acids is 1. The van der Waals surface area contributed by atoms with E-state index >= 15 is 0 Å². The molecule has 0 radical (unpaired) electrons. The average Bonchev–Trinajstić information content (AvgIpc) is 3.13. The first-order chi connectivity index (χ1) is 25.9. The molecule has 1 aromatic rings. The van der Waals surface area contributed by atoms with Gasteiger partial charge in [-0.25, -0.2) is 4.99 Å². The van der Waals surface area contributed by atoms with Crippen LogP contribution in [-0.2, 0) is 30.3 Å². The largest absolute Gasteiger partial charge is 0.481 e. The average molecular weight is 761 g/mol. The monoisotopic (exact) mass is 761 g/mol. The number of aliphatic imine (C=N–C) groups is 1. The SMILES string of the molecule is CC(=O)O[C@H](C)[C@H](OCCNC(=NCc1ccccc1)NC#N)[C@@H](C)[C@H]1COC[C@@]2(C)C3=CC[C@@]4(C)[C@H](C(=O)O)[C@@](C)([C@H](C)C(C)C)CC[C@]4(C)[C@H]3CCC12. The number of guanidine groups is 1. The minimum atomic E-state index is -0.643. The molecule has 1 unspecified atom stereocenters. The zero-order chi connectivity index (χ0) is 40.3. The summed E-state index contributed by atoms with van der Waals surface area (Å²) in [6.45, 7) is 24.0. The number of rotatable bonds is 13. The molecule has 4 aliphatic rings. The molecule has 10 nitrogen and oxygen atoms in total. The molecule has 10 heteroatoms. The van der Waals surface area contributed by atoms with Crippen molar-refractivity contribution in [2.75, 3.05) is 26.4 Å². The van der Waals surface area contributed by atoms with E-state index in [9.17, 15) is 20.0 Å². The molecule has 1 heterocycles. The highest BCUT2D eigenvalue weighted by atomic mass is 16.6. The number of aliphatic carboxylic acids is 1. The number of hydrogen-bond donors (Lipinski definition) is 3. The summed E-state index contributed by atoms with van der Waals surface area (Å²) < 4.78 is 18.9. The summed E-state index contributed by atoms with van der Waals surface area (Å²) in [7, 11) is 0. The summed E-state index contributed by atoms with van der Waals surface area (Å²) in [5.41, 5.74) is 1.52. The molecule has 3 fully saturated rings. The van der Waals surface area contributed by atoms with Gasteiger partial charge < -0.3 is 24.6 Å². The van der Waals surface area contributed by atoms with E-state index in [0.717, 1.165) is 37.7 Å². The molecule has 0 bridgehead atoms. The van der Waals surface area contributed by atoms with Crippen molar-refractivity contribution in [1.82, 2.24) is 10.6 Å². The number of allylic oxidation sites excluding steroid dienone is 1. The second kappa shape index (κ2) is 17.0. The molecule has 304 valence electrons. The second-order valence-electron chi connectivity index (χ2n) is 18.7. The first kappa shape index (κ1) is 42.7. The summed E-state index contributed by atoms with van der Waals surface area (Å²) >= 11 is 0. The van der Waals surface area contributed by atoms with Gasteiger partial charge in [0.2, 0.25) is 5.96 Å². The third kappa shape index (κ3) is 8.08. The Balaban J connectivity index is 1.36. The molecule has 1 aromatic carbocycles. The highest BCUT2D eigenvalue weighted by Crippen LogP contribution is 2.72. The first-order valence-corrected chi connectivity index (χ1v) is 20.7. The summed E-state index contributed by atoms with van der Waals surface area (Å²) in [4.78, 5) is 30.1. The molecule has 3 aliphatic carbocycles. The van der Waals surface area contributed by atoms with E-state index in [0.29, 0.717) is 62.5 Å². The molecule has 55 heavy (non-hydrogen) atoms. The van der Waals surface area contributed by atoms with Crippen molar-refractivity contribution in [3.8, 4) is 6.19 Å². The third-order valence-corrected chi connectivity index (χ3v) is 15.6. The van der Waals surface area contributed by atoms with Crippen LogP contribution in [0.3, 0.4) is 0 Å². The number of benzene rings is 1. The number of ether oxygens (including phenoxy) is 3. The Bertz CT molecular complexity index is 1620. The normalized spacial score (nSPS) is 35.4. The van der Waals surface area contributed by atoms with Crippen molar-refractivity contribution < 1.29 is 28.9 Å². The van der Waals surface area contributed by atoms with Gasteiger partial charge in [-0.2, -0.15) is 5.26 Å².